The van der Waals surface area contributed by atoms with Crippen molar-refractivity contribution < 1.29 is 4.74 Å². The van der Waals surface area contributed by atoms with Gasteiger partial charge >= 0.3 is 0 Å². The Balaban J connectivity index is 1.72. The molecule has 0 saturated carbocycles. The van der Waals surface area contributed by atoms with Gasteiger partial charge in [-0.3, -0.25) is 14.9 Å². The van der Waals surface area contributed by atoms with Crippen LogP contribution >= 0.6 is 11.6 Å². The summed E-state index contributed by atoms with van der Waals surface area (Å²) in [6.45, 7) is 5.23. The van der Waals surface area contributed by atoms with Crippen molar-refractivity contribution in [2.75, 3.05) is 38.7 Å². The van der Waals surface area contributed by atoms with Gasteiger partial charge in [0.2, 0.25) is 0 Å². The molecule has 0 amide bonds. The minimum atomic E-state index is -0.00958. The second kappa shape index (κ2) is 7.47. The van der Waals surface area contributed by atoms with Gasteiger partial charge in [-0.1, -0.05) is 11.6 Å². The number of morpholine rings is 1. The van der Waals surface area contributed by atoms with E-state index in [1.807, 2.05) is 33.2 Å². The molecule has 3 heterocycles. The Morgan fingerprint density at radius 1 is 1.33 bits per heavy atom. The highest BCUT2D eigenvalue weighted by molar-refractivity contribution is 6.30. The maximum atomic E-state index is 5.98. The van der Waals surface area contributed by atoms with Crippen LogP contribution in [0.2, 0.25) is 5.02 Å². The van der Waals surface area contributed by atoms with E-state index in [4.69, 9.17) is 16.3 Å². The average molecular weight is 347 g/mol. The summed E-state index contributed by atoms with van der Waals surface area (Å²) in [4.78, 5) is 13.5. The molecule has 1 aliphatic heterocycles. The minimum Gasteiger partial charge on any atom is -0.378 e. The fourth-order valence-corrected chi connectivity index (χ4v) is 2.96. The first-order valence-electron chi connectivity index (χ1n) is 8.11. The molecule has 2 aromatic rings. The third-order valence-corrected chi connectivity index (χ3v) is 4.35. The molecule has 1 atom stereocenters. The van der Waals surface area contributed by atoms with Crippen LogP contribution in [0.3, 0.4) is 0 Å². The number of anilines is 1. The fraction of sp³-hybridized carbons (Fsp3) is 0.444. The average Bonchev–Trinajstić information content (AvgIpc) is 2.57. The molecule has 1 unspecified atom stereocenters. The molecule has 2 aromatic heterocycles. The number of halogens is 1. The lowest BCUT2D eigenvalue weighted by atomic mass is 10.1. The van der Waals surface area contributed by atoms with Gasteiger partial charge in [0.15, 0.2) is 0 Å². The Bertz CT molecular complexity index is 690. The maximum absolute atomic E-state index is 5.98. The van der Waals surface area contributed by atoms with E-state index in [1.54, 1.807) is 6.20 Å². The SMILES string of the molecule is Cc1cc(N(C)C)cc(C2CN(Cc3ccc(Cl)cn3)CCO2)n1. The first-order chi connectivity index (χ1) is 11.5. The van der Waals surface area contributed by atoms with Gasteiger partial charge in [0.25, 0.3) is 0 Å². The quantitative estimate of drug-likeness (QED) is 0.851. The zero-order chi connectivity index (χ0) is 17.1. The molecule has 0 bridgehead atoms. The van der Waals surface area contributed by atoms with Gasteiger partial charge in [-0.25, -0.2) is 0 Å². The molecular weight excluding hydrogens is 324 g/mol. The molecule has 6 heteroatoms. The second-order valence-electron chi connectivity index (χ2n) is 6.35. The van der Waals surface area contributed by atoms with Crippen LogP contribution in [0, 0.1) is 6.92 Å². The summed E-state index contributed by atoms with van der Waals surface area (Å²) >= 11 is 5.90. The topological polar surface area (TPSA) is 41.5 Å². The highest BCUT2D eigenvalue weighted by atomic mass is 35.5. The third kappa shape index (κ3) is 4.23. The largest absolute Gasteiger partial charge is 0.378 e. The van der Waals surface area contributed by atoms with Gasteiger partial charge in [-0.15, -0.1) is 0 Å². The molecule has 1 aliphatic rings. The predicted octanol–water partition coefficient (Wildman–Crippen LogP) is 3.08. The summed E-state index contributed by atoms with van der Waals surface area (Å²) in [7, 11) is 4.08. The Morgan fingerprint density at radius 3 is 2.88 bits per heavy atom. The fourth-order valence-electron chi connectivity index (χ4n) is 2.85. The molecule has 5 nitrogen and oxygen atoms in total. The molecule has 24 heavy (non-hydrogen) atoms. The number of nitrogens with zero attached hydrogens (tertiary/aromatic N) is 4. The van der Waals surface area contributed by atoms with Crippen LogP contribution in [0.4, 0.5) is 5.69 Å². The minimum absolute atomic E-state index is 0.00958. The van der Waals surface area contributed by atoms with Crippen molar-refractivity contribution in [1.29, 1.82) is 0 Å². The summed E-state index contributed by atoms with van der Waals surface area (Å²) in [6, 6.07) is 8.05. The number of aromatic nitrogens is 2. The second-order valence-corrected chi connectivity index (χ2v) is 6.78. The predicted molar refractivity (Wildman–Crippen MR) is 96.5 cm³/mol. The molecule has 3 rings (SSSR count). The first-order valence-corrected chi connectivity index (χ1v) is 8.49. The molecular formula is C18H23ClN4O. The van der Waals surface area contributed by atoms with Crippen LogP contribution in [0.25, 0.3) is 0 Å². The van der Waals surface area contributed by atoms with Crippen LogP contribution < -0.4 is 4.90 Å². The molecule has 0 spiro atoms. The molecule has 128 valence electrons. The Kier molecular flexibility index (Phi) is 5.33. The van der Waals surface area contributed by atoms with Crippen LogP contribution in [-0.2, 0) is 11.3 Å². The summed E-state index contributed by atoms with van der Waals surface area (Å²) in [5, 5.41) is 0.666. The lowest BCUT2D eigenvalue weighted by Crippen LogP contribution is -2.38. The Morgan fingerprint density at radius 2 is 2.17 bits per heavy atom. The van der Waals surface area contributed by atoms with Gasteiger partial charge in [0.05, 0.1) is 23.0 Å². The summed E-state index contributed by atoms with van der Waals surface area (Å²) in [6.07, 6.45) is 1.69. The van der Waals surface area contributed by atoms with Crippen molar-refractivity contribution in [2.45, 2.75) is 19.6 Å². The lowest BCUT2D eigenvalue weighted by Gasteiger charge is -2.32. The van der Waals surface area contributed by atoms with Crippen molar-refractivity contribution in [3.63, 3.8) is 0 Å². The number of aryl methyl sites for hydroxylation is 1. The summed E-state index contributed by atoms with van der Waals surface area (Å²) < 4.78 is 5.98. The zero-order valence-electron chi connectivity index (χ0n) is 14.4. The van der Waals surface area contributed by atoms with Gasteiger partial charge in [0.1, 0.15) is 6.10 Å². The standard InChI is InChI=1S/C18H23ClN4O/c1-13-8-16(22(2)3)9-17(21-13)18-12-23(6-7-24-18)11-15-5-4-14(19)10-20-15/h4-5,8-10,18H,6-7,11-12H2,1-3H3. The molecule has 0 radical (unpaired) electrons. The Labute approximate surface area is 148 Å². The van der Waals surface area contributed by atoms with Crippen molar-refractivity contribution in [1.82, 2.24) is 14.9 Å². The normalized spacial score (nSPS) is 18.6. The van der Waals surface area contributed by atoms with E-state index < -0.39 is 0 Å². The van der Waals surface area contributed by atoms with Crippen LogP contribution in [-0.4, -0.2) is 48.7 Å². The zero-order valence-corrected chi connectivity index (χ0v) is 15.1. The highest BCUT2D eigenvalue weighted by Gasteiger charge is 2.24. The van der Waals surface area contributed by atoms with Gasteiger partial charge in [0, 0.05) is 51.3 Å². The Hall–Kier alpha value is -1.69. The van der Waals surface area contributed by atoms with Crippen molar-refractivity contribution in [3.05, 3.63) is 52.6 Å². The van der Waals surface area contributed by atoms with Crippen molar-refractivity contribution >= 4 is 17.3 Å². The monoisotopic (exact) mass is 346 g/mol. The molecule has 0 aliphatic carbocycles. The van der Waals surface area contributed by atoms with Crippen molar-refractivity contribution in [2.24, 2.45) is 0 Å². The number of hydrogen-bond donors (Lipinski definition) is 0. The number of ether oxygens (including phenoxy) is 1. The van der Waals surface area contributed by atoms with E-state index in [2.05, 4.69) is 31.9 Å². The van der Waals surface area contributed by atoms with Crippen LogP contribution in [0.5, 0.6) is 0 Å². The van der Waals surface area contributed by atoms with E-state index in [9.17, 15) is 0 Å². The van der Waals surface area contributed by atoms with E-state index in [0.29, 0.717) is 11.6 Å². The number of rotatable bonds is 4. The molecule has 1 saturated heterocycles. The van der Waals surface area contributed by atoms with Gasteiger partial charge < -0.3 is 9.64 Å². The van der Waals surface area contributed by atoms with Gasteiger partial charge in [-0.2, -0.15) is 0 Å². The van der Waals surface area contributed by atoms with Gasteiger partial charge in [-0.05, 0) is 31.2 Å². The molecule has 0 N–H and O–H groups in total. The molecule has 1 fully saturated rings. The number of pyridine rings is 2. The van der Waals surface area contributed by atoms with Crippen LogP contribution in [0.1, 0.15) is 23.2 Å². The summed E-state index contributed by atoms with van der Waals surface area (Å²) in [5.74, 6) is 0. The van der Waals surface area contributed by atoms with E-state index in [1.165, 1.54) is 0 Å². The van der Waals surface area contributed by atoms with E-state index in [-0.39, 0.29) is 6.10 Å². The third-order valence-electron chi connectivity index (χ3n) is 4.13. The van der Waals surface area contributed by atoms with E-state index in [0.717, 1.165) is 42.4 Å². The van der Waals surface area contributed by atoms with Crippen LogP contribution in [0.15, 0.2) is 30.5 Å². The van der Waals surface area contributed by atoms with E-state index >= 15 is 0 Å². The molecule has 0 aromatic carbocycles. The first kappa shape index (κ1) is 17.1. The highest BCUT2D eigenvalue weighted by Crippen LogP contribution is 2.25. The number of hydrogen-bond acceptors (Lipinski definition) is 5. The van der Waals surface area contributed by atoms with Crippen molar-refractivity contribution in [3.8, 4) is 0 Å². The smallest absolute Gasteiger partial charge is 0.112 e. The lowest BCUT2D eigenvalue weighted by molar-refractivity contribution is -0.0353. The maximum Gasteiger partial charge on any atom is 0.112 e. The summed E-state index contributed by atoms with van der Waals surface area (Å²) in [5.41, 5.74) is 4.17.